The standard InChI is InChI=1S/C9H17NS/c1-8(2)6-3-7(10)9(8,4-6)5-11/h6-7,11H,3-5,10H2,1-2H3. The predicted octanol–water partition coefficient (Wildman–Crippen LogP) is 1.68. The zero-order valence-electron chi connectivity index (χ0n) is 7.30. The van der Waals surface area contributed by atoms with E-state index < -0.39 is 0 Å². The molecule has 3 saturated carbocycles. The molecule has 3 aliphatic rings. The Kier molecular flexibility index (Phi) is 1.42. The summed E-state index contributed by atoms with van der Waals surface area (Å²) in [6.45, 7) is 4.70. The zero-order chi connectivity index (χ0) is 8.28. The molecular weight excluding hydrogens is 154 g/mol. The molecule has 1 nitrogen and oxygen atoms in total. The molecule has 3 rings (SSSR count). The van der Waals surface area contributed by atoms with Crippen LogP contribution in [0.15, 0.2) is 0 Å². The van der Waals surface area contributed by atoms with Gasteiger partial charge in [0.05, 0.1) is 0 Å². The molecule has 2 heteroatoms. The van der Waals surface area contributed by atoms with Gasteiger partial charge < -0.3 is 5.73 Å². The maximum atomic E-state index is 6.09. The molecule has 64 valence electrons. The van der Waals surface area contributed by atoms with E-state index in [9.17, 15) is 0 Å². The third kappa shape index (κ3) is 0.642. The zero-order valence-corrected chi connectivity index (χ0v) is 8.20. The lowest BCUT2D eigenvalue weighted by atomic mass is 9.51. The number of fused-ring (bicyclic) bond motifs is 1. The highest BCUT2D eigenvalue weighted by Crippen LogP contribution is 2.70. The summed E-state index contributed by atoms with van der Waals surface area (Å²) in [5, 5.41) is 0. The van der Waals surface area contributed by atoms with E-state index in [0.717, 1.165) is 11.7 Å². The largest absolute Gasteiger partial charge is 0.327 e. The lowest BCUT2D eigenvalue weighted by Crippen LogP contribution is -2.54. The van der Waals surface area contributed by atoms with Crippen molar-refractivity contribution >= 4 is 12.6 Å². The molecule has 0 aromatic carbocycles. The summed E-state index contributed by atoms with van der Waals surface area (Å²) < 4.78 is 0. The number of nitrogens with two attached hydrogens (primary N) is 1. The van der Waals surface area contributed by atoms with Crippen LogP contribution in [-0.2, 0) is 0 Å². The highest BCUT2D eigenvalue weighted by Gasteiger charge is 2.67. The molecule has 0 amide bonds. The third-order valence-electron chi connectivity index (χ3n) is 4.44. The highest BCUT2D eigenvalue weighted by atomic mass is 32.1. The number of hydrogen-bond donors (Lipinski definition) is 2. The minimum Gasteiger partial charge on any atom is -0.327 e. The van der Waals surface area contributed by atoms with Gasteiger partial charge in [-0.15, -0.1) is 0 Å². The van der Waals surface area contributed by atoms with E-state index in [-0.39, 0.29) is 0 Å². The van der Waals surface area contributed by atoms with E-state index in [4.69, 9.17) is 5.73 Å². The van der Waals surface area contributed by atoms with E-state index in [2.05, 4.69) is 26.5 Å². The summed E-state index contributed by atoms with van der Waals surface area (Å²) in [6.07, 6.45) is 2.55. The van der Waals surface area contributed by atoms with Crippen molar-refractivity contribution in [2.24, 2.45) is 22.5 Å². The van der Waals surface area contributed by atoms with Crippen molar-refractivity contribution in [3.8, 4) is 0 Å². The van der Waals surface area contributed by atoms with Crippen molar-refractivity contribution in [3.63, 3.8) is 0 Å². The van der Waals surface area contributed by atoms with Crippen molar-refractivity contribution < 1.29 is 0 Å². The van der Waals surface area contributed by atoms with Crippen LogP contribution in [0.1, 0.15) is 26.7 Å². The Balaban J connectivity index is 2.32. The van der Waals surface area contributed by atoms with Gasteiger partial charge in [0.15, 0.2) is 0 Å². The normalized spacial score (nSPS) is 52.4. The van der Waals surface area contributed by atoms with Gasteiger partial charge in [0.25, 0.3) is 0 Å². The van der Waals surface area contributed by atoms with Crippen LogP contribution in [0.25, 0.3) is 0 Å². The first-order valence-electron chi connectivity index (χ1n) is 4.41. The third-order valence-corrected chi connectivity index (χ3v) is 5.01. The molecule has 3 aliphatic carbocycles. The predicted molar refractivity (Wildman–Crippen MR) is 50.8 cm³/mol. The van der Waals surface area contributed by atoms with Gasteiger partial charge in [0.2, 0.25) is 0 Å². The van der Waals surface area contributed by atoms with Gasteiger partial charge in [-0.05, 0) is 35.3 Å². The van der Waals surface area contributed by atoms with E-state index in [1.54, 1.807) is 0 Å². The molecule has 0 spiro atoms. The highest BCUT2D eigenvalue weighted by molar-refractivity contribution is 7.80. The first kappa shape index (κ1) is 7.93. The van der Waals surface area contributed by atoms with Gasteiger partial charge in [0.1, 0.15) is 0 Å². The van der Waals surface area contributed by atoms with Gasteiger partial charge in [-0.1, -0.05) is 13.8 Å². The molecule has 0 aromatic rings. The fraction of sp³-hybridized carbons (Fsp3) is 1.00. The molecule has 2 bridgehead atoms. The molecule has 11 heavy (non-hydrogen) atoms. The smallest absolute Gasteiger partial charge is 0.0112 e. The second kappa shape index (κ2) is 1.97. The summed E-state index contributed by atoms with van der Waals surface area (Å²) in [5.41, 5.74) is 6.93. The van der Waals surface area contributed by atoms with Crippen molar-refractivity contribution in [1.29, 1.82) is 0 Å². The summed E-state index contributed by atoms with van der Waals surface area (Å²) in [6, 6.07) is 0.417. The average molecular weight is 171 g/mol. The van der Waals surface area contributed by atoms with E-state index in [0.29, 0.717) is 16.9 Å². The summed E-state index contributed by atoms with van der Waals surface area (Å²) >= 11 is 4.43. The minimum absolute atomic E-state index is 0.376. The Morgan fingerprint density at radius 1 is 1.55 bits per heavy atom. The molecule has 0 aromatic heterocycles. The lowest BCUT2D eigenvalue weighted by Gasteiger charge is -2.55. The van der Waals surface area contributed by atoms with Crippen LogP contribution in [0, 0.1) is 16.7 Å². The maximum Gasteiger partial charge on any atom is 0.0112 e. The van der Waals surface area contributed by atoms with Gasteiger partial charge in [-0.2, -0.15) is 12.6 Å². The van der Waals surface area contributed by atoms with Crippen molar-refractivity contribution in [2.45, 2.75) is 32.7 Å². The topological polar surface area (TPSA) is 26.0 Å². The van der Waals surface area contributed by atoms with Crippen LogP contribution < -0.4 is 5.73 Å². The van der Waals surface area contributed by atoms with E-state index >= 15 is 0 Å². The monoisotopic (exact) mass is 171 g/mol. The Hall–Kier alpha value is 0.310. The van der Waals surface area contributed by atoms with E-state index in [1.165, 1.54) is 12.8 Å². The van der Waals surface area contributed by atoms with Crippen LogP contribution >= 0.6 is 12.6 Å². The fourth-order valence-corrected chi connectivity index (χ4v) is 3.93. The van der Waals surface area contributed by atoms with Crippen LogP contribution in [0.4, 0.5) is 0 Å². The summed E-state index contributed by atoms with van der Waals surface area (Å²) in [7, 11) is 0. The minimum atomic E-state index is 0.376. The second-order valence-electron chi connectivity index (χ2n) is 4.78. The molecule has 0 saturated heterocycles. The summed E-state index contributed by atoms with van der Waals surface area (Å²) in [4.78, 5) is 0. The molecule has 2 N–H and O–H groups in total. The second-order valence-corrected chi connectivity index (χ2v) is 5.10. The average Bonchev–Trinajstić information content (AvgIpc) is 2.37. The summed E-state index contributed by atoms with van der Waals surface area (Å²) in [5.74, 6) is 1.85. The molecule has 0 radical (unpaired) electrons. The molecule has 3 atom stereocenters. The van der Waals surface area contributed by atoms with Crippen LogP contribution in [0.2, 0.25) is 0 Å². The molecule has 0 aliphatic heterocycles. The Morgan fingerprint density at radius 2 is 2.18 bits per heavy atom. The Labute approximate surface area is 74.1 Å². The van der Waals surface area contributed by atoms with Gasteiger partial charge in [-0.3, -0.25) is 0 Å². The lowest BCUT2D eigenvalue weighted by molar-refractivity contribution is -0.0409. The van der Waals surface area contributed by atoms with Crippen molar-refractivity contribution in [2.75, 3.05) is 5.75 Å². The van der Waals surface area contributed by atoms with Gasteiger partial charge in [-0.25, -0.2) is 0 Å². The molecular formula is C9H17NS. The Morgan fingerprint density at radius 3 is 2.36 bits per heavy atom. The molecule has 3 unspecified atom stereocenters. The maximum absolute atomic E-state index is 6.09. The first-order chi connectivity index (χ1) is 5.04. The van der Waals surface area contributed by atoms with E-state index in [1.807, 2.05) is 0 Å². The van der Waals surface area contributed by atoms with Crippen LogP contribution in [0.5, 0.6) is 0 Å². The SMILES string of the molecule is CC1(C)C2CC(N)C1(CS)C2. The number of hydrogen-bond acceptors (Lipinski definition) is 2. The first-order valence-corrected chi connectivity index (χ1v) is 5.04. The number of thiol groups is 1. The van der Waals surface area contributed by atoms with Gasteiger partial charge >= 0.3 is 0 Å². The van der Waals surface area contributed by atoms with Gasteiger partial charge in [0, 0.05) is 6.04 Å². The van der Waals surface area contributed by atoms with Crippen molar-refractivity contribution in [1.82, 2.24) is 0 Å². The fourth-order valence-electron chi connectivity index (χ4n) is 3.16. The van der Waals surface area contributed by atoms with Crippen LogP contribution in [0.3, 0.4) is 0 Å². The van der Waals surface area contributed by atoms with Crippen molar-refractivity contribution in [3.05, 3.63) is 0 Å². The molecule has 0 heterocycles. The van der Waals surface area contributed by atoms with Crippen LogP contribution in [-0.4, -0.2) is 11.8 Å². The number of rotatable bonds is 1. The molecule has 3 fully saturated rings. The quantitative estimate of drug-likeness (QED) is 0.577. The Bertz CT molecular complexity index is 190.